The SMILES string of the molecule is C=C(N[C@@H](Cc1ccc(C)cc1)C1=CSC(C2CC2)N1)C(Cc1ccccc1)C(=O)OC.CC.CC.CS(=O)(=O)N=O. The molecular formula is C32H47N3O5S2. The van der Waals surface area contributed by atoms with Gasteiger partial charge in [-0.05, 0) is 55.1 Å². The highest BCUT2D eigenvalue weighted by atomic mass is 32.2. The number of aryl methyl sites for hydroxylation is 1. The van der Waals surface area contributed by atoms with Crippen LogP contribution in [0.2, 0.25) is 0 Å². The lowest BCUT2D eigenvalue weighted by atomic mass is 9.95. The Labute approximate surface area is 256 Å². The van der Waals surface area contributed by atoms with Gasteiger partial charge >= 0.3 is 5.97 Å². The molecule has 8 nitrogen and oxygen atoms in total. The number of benzene rings is 2. The number of esters is 1. The van der Waals surface area contributed by atoms with Crippen molar-refractivity contribution in [3.05, 3.63) is 99.6 Å². The Hall–Kier alpha value is -3.11. The van der Waals surface area contributed by atoms with Crippen LogP contribution in [0.5, 0.6) is 0 Å². The summed E-state index contributed by atoms with van der Waals surface area (Å²) in [4.78, 5) is 21.6. The molecule has 2 N–H and O–H groups in total. The van der Waals surface area contributed by atoms with E-state index in [-0.39, 0.29) is 12.0 Å². The second kappa shape index (κ2) is 19.2. The summed E-state index contributed by atoms with van der Waals surface area (Å²) < 4.78 is 25.9. The van der Waals surface area contributed by atoms with Crippen LogP contribution in [0.4, 0.5) is 0 Å². The van der Waals surface area contributed by atoms with Gasteiger partial charge in [-0.1, -0.05) is 94.4 Å². The van der Waals surface area contributed by atoms with Gasteiger partial charge < -0.3 is 15.4 Å². The van der Waals surface area contributed by atoms with E-state index in [0.717, 1.165) is 24.2 Å². The van der Waals surface area contributed by atoms with Gasteiger partial charge in [0.2, 0.25) is 0 Å². The summed E-state index contributed by atoms with van der Waals surface area (Å²) in [5, 5.41) is 10.0. The van der Waals surface area contributed by atoms with Gasteiger partial charge in [-0.15, -0.1) is 16.7 Å². The molecule has 1 fully saturated rings. The molecule has 1 heterocycles. The Balaban J connectivity index is 0.000000775. The highest BCUT2D eigenvalue weighted by Crippen LogP contribution is 2.41. The third-order valence-electron chi connectivity index (χ3n) is 6.32. The zero-order chi connectivity index (χ0) is 31.7. The van der Waals surface area contributed by atoms with Gasteiger partial charge in [0, 0.05) is 11.4 Å². The Morgan fingerprint density at radius 3 is 2.10 bits per heavy atom. The number of methoxy groups -OCH3 is 1. The van der Waals surface area contributed by atoms with E-state index in [1.807, 2.05) is 69.8 Å². The normalized spacial score (nSPS) is 16.6. The van der Waals surface area contributed by atoms with Crippen LogP contribution in [0, 0.1) is 23.7 Å². The van der Waals surface area contributed by atoms with Crippen LogP contribution in [0.1, 0.15) is 57.2 Å². The van der Waals surface area contributed by atoms with Crippen molar-refractivity contribution in [1.82, 2.24) is 10.6 Å². The van der Waals surface area contributed by atoms with Crippen molar-refractivity contribution < 1.29 is 17.9 Å². The van der Waals surface area contributed by atoms with Crippen LogP contribution in [0.15, 0.2) is 82.6 Å². The minimum absolute atomic E-state index is 0.0179. The molecule has 42 heavy (non-hydrogen) atoms. The first-order chi connectivity index (χ1) is 20.1. The lowest BCUT2D eigenvalue weighted by Gasteiger charge is -2.27. The first kappa shape index (κ1) is 36.9. The van der Waals surface area contributed by atoms with Crippen molar-refractivity contribution in [2.24, 2.45) is 16.4 Å². The molecule has 0 spiro atoms. The summed E-state index contributed by atoms with van der Waals surface area (Å²) in [5.41, 5.74) is 5.46. The van der Waals surface area contributed by atoms with Gasteiger partial charge in [0.25, 0.3) is 10.0 Å². The van der Waals surface area contributed by atoms with Crippen LogP contribution >= 0.6 is 11.8 Å². The monoisotopic (exact) mass is 617 g/mol. The van der Waals surface area contributed by atoms with E-state index >= 15 is 0 Å². The van der Waals surface area contributed by atoms with Crippen LogP contribution in [0.25, 0.3) is 0 Å². The van der Waals surface area contributed by atoms with Gasteiger partial charge in [0.15, 0.2) is 0 Å². The van der Waals surface area contributed by atoms with Crippen LogP contribution < -0.4 is 10.6 Å². The number of carbonyl (C=O) groups is 1. The largest absolute Gasteiger partial charge is 0.468 e. The van der Waals surface area contributed by atoms with Crippen LogP contribution in [-0.2, 0) is 32.4 Å². The summed E-state index contributed by atoms with van der Waals surface area (Å²) in [6.07, 6.45) is 4.71. The number of thioether (sulfide) groups is 1. The molecule has 2 unspecified atom stereocenters. The molecule has 1 aliphatic carbocycles. The van der Waals surface area contributed by atoms with Gasteiger partial charge in [0.1, 0.15) is 0 Å². The molecule has 0 aromatic heterocycles. The summed E-state index contributed by atoms with van der Waals surface area (Å²) in [6.45, 7) is 14.4. The fourth-order valence-corrected chi connectivity index (χ4v) is 5.28. The highest BCUT2D eigenvalue weighted by molar-refractivity contribution is 8.03. The molecule has 4 rings (SSSR count). The summed E-state index contributed by atoms with van der Waals surface area (Å²) in [7, 11) is -2.15. The predicted molar refractivity (Wildman–Crippen MR) is 175 cm³/mol. The zero-order valence-electron chi connectivity index (χ0n) is 25.9. The third kappa shape index (κ3) is 13.2. The quantitative estimate of drug-likeness (QED) is 0.211. The number of sulfonamides is 1. The van der Waals surface area contributed by atoms with Crippen LogP contribution in [0.3, 0.4) is 0 Å². The molecule has 2 aromatic carbocycles. The molecule has 232 valence electrons. The number of nitroso groups, excluding NO2 is 1. The van der Waals surface area contributed by atoms with Crippen molar-refractivity contribution in [3.63, 3.8) is 0 Å². The molecule has 3 atom stereocenters. The number of hydrogen-bond donors (Lipinski definition) is 2. The lowest BCUT2D eigenvalue weighted by molar-refractivity contribution is -0.144. The maximum atomic E-state index is 12.6. The van der Waals surface area contributed by atoms with E-state index in [0.29, 0.717) is 17.5 Å². The fourth-order valence-electron chi connectivity index (χ4n) is 4.05. The first-order valence-electron chi connectivity index (χ1n) is 14.4. The molecule has 0 amide bonds. The van der Waals surface area contributed by atoms with E-state index in [1.54, 1.807) is 4.58 Å². The highest BCUT2D eigenvalue weighted by Gasteiger charge is 2.36. The second-order valence-electron chi connectivity index (χ2n) is 9.60. The Morgan fingerprint density at radius 2 is 1.60 bits per heavy atom. The number of nitrogens with one attached hydrogen (secondary N) is 2. The van der Waals surface area contributed by atoms with Gasteiger partial charge in [-0.25, -0.2) is 8.42 Å². The van der Waals surface area contributed by atoms with Crippen molar-refractivity contribution in [3.8, 4) is 0 Å². The van der Waals surface area contributed by atoms with Crippen molar-refractivity contribution in [1.29, 1.82) is 0 Å². The maximum Gasteiger partial charge on any atom is 0.314 e. The van der Waals surface area contributed by atoms with Gasteiger partial charge in [-0.2, -0.15) is 0 Å². The van der Waals surface area contributed by atoms with Crippen molar-refractivity contribution in [2.45, 2.75) is 71.7 Å². The minimum Gasteiger partial charge on any atom is -0.468 e. The molecule has 2 aromatic rings. The number of hydrogen-bond acceptors (Lipinski definition) is 8. The third-order valence-corrected chi connectivity index (χ3v) is 7.78. The Kier molecular flexibility index (Phi) is 16.8. The number of nitrogens with zero attached hydrogens (tertiary/aromatic N) is 1. The summed E-state index contributed by atoms with van der Waals surface area (Å²) >= 11 is 1.88. The lowest BCUT2D eigenvalue weighted by Crippen LogP contribution is -2.41. The molecule has 0 radical (unpaired) electrons. The van der Waals surface area contributed by atoms with Crippen LogP contribution in [-0.4, -0.2) is 39.2 Å². The van der Waals surface area contributed by atoms with E-state index in [9.17, 15) is 13.2 Å². The first-order valence-corrected chi connectivity index (χ1v) is 17.2. The number of rotatable bonds is 11. The maximum absolute atomic E-state index is 12.6. The average molecular weight is 618 g/mol. The van der Waals surface area contributed by atoms with E-state index < -0.39 is 15.9 Å². The summed E-state index contributed by atoms with van der Waals surface area (Å²) in [5.74, 6) is 0.0497. The zero-order valence-corrected chi connectivity index (χ0v) is 27.6. The minimum atomic E-state index is -3.59. The Morgan fingerprint density at radius 1 is 1.05 bits per heavy atom. The van der Waals surface area contributed by atoms with Gasteiger partial charge in [0.05, 0.1) is 35.3 Å². The van der Waals surface area contributed by atoms with E-state index in [4.69, 9.17) is 9.64 Å². The molecule has 0 bridgehead atoms. The van der Waals surface area contributed by atoms with E-state index in [2.05, 4.69) is 53.8 Å². The van der Waals surface area contributed by atoms with E-state index in [1.165, 1.54) is 36.8 Å². The molecule has 10 heteroatoms. The smallest absolute Gasteiger partial charge is 0.314 e. The molecular weight excluding hydrogens is 571 g/mol. The molecule has 0 saturated heterocycles. The number of ether oxygens (including phenoxy) is 1. The molecule has 2 aliphatic rings. The topological polar surface area (TPSA) is 114 Å². The van der Waals surface area contributed by atoms with Gasteiger partial charge in [-0.3, -0.25) is 4.79 Å². The number of carbonyl (C=O) groups excluding carboxylic acids is 1. The molecule has 1 aliphatic heterocycles. The second-order valence-corrected chi connectivity index (χ2v) is 12.2. The fraction of sp³-hybridized carbons (Fsp3) is 0.469. The Bertz CT molecular complexity index is 1230. The van der Waals surface area contributed by atoms with Crippen molar-refractivity contribution in [2.75, 3.05) is 13.4 Å². The molecule has 1 saturated carbocycles. The predicted octanol–water partition coefficient (Wildman–Crippen LogP) is 6.72. The van der Waals surface area contributed by atoms with Crippen molar-refractivity contribution >= 4 is 27.8 Å². The average Bonchev–Trinajstić information content (AvgIpc) is 3.74. The standard InChI is InChI=1S/C27H32N2O2S.2C2H6.CH3NO3S/c1-18-9-11-21(12-10-18)16-24(25-17-32-26(29-25)22-13-14-22)28-19(2)23(27(30)31-3)15-20-7-5-4-6-8-20;2*1-2;1-6(4,5)2-3/h4-12,17,22-24,26,28-29H,2,13-16H2,1,3H3;2*1-2H3;1H3/t23?,24-,26?;;;/m0.../s1. The summed E-state index contributed by atoms with van der Waals surface area (Å²) in [6, 6.07) is 18.7.